The molecule has 1 fully saturated rings. The molecule has 1 aliphatic carbocycles. The van der Waals surface area contributed by atoms with Crippen molar-refractivity contribution in [2.24, 2.45) is 0 Å². The second-order valence-electron chi connectivity index (χ2n) is 4.22. The maximum absolute atomic E-state index is 6.07. The summed E-state index contributed by atoms with van der Waals surface area (Å²) in [7, 11) is 0. The Balaban J connectivity index is 1.77. The highest BCUT2D eigenvalue weighted by Crippen LogP contribution is 2.33. The lowest BCUT2D eigenvalue weighted by molar-refractivity contribution is 0.680. The first kappa shape index (κ1) is 12.4. The van der Waals surface area contributed by atoms with Gasteiger partial charge in [0.25, 0.3) is 0 Å². The molecule has 1 aromatic heterocycles. The molecule has 0 radical (unpaired) electrons. The third kappa shape index (κ3) is 3.23. The molecule has 0 aliphatic heterocycles. The standard InChI is InChI=1S/C12H12ClN3S2/c13-9-1-4-11(17-12-15-7-16-18-12)8(5-9)6-14-10-2-3-10/h1,4-5,7,10,14H,2-3,6H2. The quantitative estimate of drug-likeness (QED) is 0.915. The summed E-state index contributed by atoms with van der Waals surface area (Å²) in [6.07, 6.45) is 4.17. The zero-order valence-corrected chi connectivity index (χ0v) is 12.0. The number of nitrogens with zero attached hydrogens (tertiary/aromatic N) is 2. The van der Waals surface area contributed by atoms with Crippen LogP contribution in [-0.2, 0) is 6.54 Å². The highest BCUT2D eigenvalue weighted by atomic mass is 35.5. The molecule has 1 aliphatic rings. The van der Waals surface area contributed by atoms with Gasteiger partial charge in [0.15, 0.2) is 4.34 Å². The van der Waals surface area contributed by atoms with Crippen molar-refractivity contribution < 1.29 is 0 Å². The molecule has 94 valence electrons. The van der Waals surface area contributed by atoms with Crippen molar-refractivity contribution in [2.45, 2.75) is 34.7 Å². The molecule has 0 bridgehead atoms. The van der Waals surface area contributed by atoms with Gasteiger partial charge in [-0.2, -0.15) is 4.37 Å². The van der Waals surface area contributed by atoms with E-state index in [9.17, 15) is 0 Å². The van der Waals surface area contributed by atoms with Gasteiger partial charge in [-0.1, -0.05) is 23.4 Å². The van der Waals surface area contributed by atoms with E-state index in [1.165, 1.54) is 34.8 Å². The van der Waals surface area contributed by atoms with Gasteiger partial charge in [-0.05, 0) is 48.1 Å². The van der Waals surface area contributed by atoms with Gasteiger partial charge >= 0.3 is 0 Å². The number of hydrogen-bond donors (Lipinski definition) is 1. The van der Waals surface area contributed by atoms with Crippen LogP contribution in [0, 0.1) is 0 Å². The molecule has 1 N–H and O–H groups in total. The lowest BCUT2D eigenvalue weighted by atomic mass is 10.2. The maximum Gasteiger partial charge on any atom is 0.174 e. The Hall–Kier alpha value is -0.620. The van der Waals surface area contributed by atoms with E-state index in [-0.39, 0.29) is 0 Å². The van der Waals surface area contributed by atoms with Crippen molar-refractivity contribution in [2.75, 3.05) is 0 Å². The van der Waals surface area contributed by atoms with E-state index < -0.39 is 0 Å². The summed E-state index contributed by atoms with van der Waals surface area (Å²) in [5.41, 5.74) is 1.23. The van der Waals surface area contributed by atoms with Crippen LogP contribution in [0.5, 0.6) is 0 Å². The Bertz CT molecular complexity index is 526. The largest absolute Gasteiger partial charge is 0.310 e. The van der Waals surface area contributed by atoms with Crippen LogP contribution >= 0.6 is 34.9 Å². The van der Waals surface area contributed by atoms with Gasteiger partial charge in [-0.25, -0.2) is 4.98 Å². The van der Waals surface area contributed by atoms with Crippen molar-refractivity contribution in [3.05, 3.63) is 35.1 Å². The van der Waals surface area contributed by atoms with Crippen molar-refractivity contribution in [1.82, 2.24) is 14.7 Å². The molecule has 0 amide bonds. The molecule has 0 saturated heterocycles. The van der Waals surface area contributed by atoms with Gasteiger partial charge in [-0.3, -0.25) is 0 Å². The summed E-state index contributed by atoms with van der Waals surface area (Å²) in [5.74, 6) is 0. The Morgan fingerprint density at radius 1 is 1.44 bits per heavy atom. The zero-order chi connectivity index (χ0) is 12.4. The average Bonchev–Trinajstić information content (AvgIpc) is 3.06. The second-order valence-corrected chi connectivity index (χ2v) is 6.72. The lowest BCUT2D eigenvalue weighted by Gasteiger charge is -2.09. The Morgan fingerprint density at radius 2 is 2.33 bits per heavy atom. The first-order chi connectivity index (χ1) is 8.81. The minimum atomic E-state index is 0.698. The molecular weight excluding hydrogens is 286 g/mol. The molecule has 2 aromatic rings. The minimum Gasteiger partial charge on any atom is -0.310 e. The molecular formula is C12H12ClN3S2. The second kappa shape index (κ2) is 5.57. The first-order valence-electron chi connectivity index (χ1n) is 5.77. The number of benzene rings is 1. The van der Waals surface area contributed by atoms with Crippen LogP contribution < -0.4 is 5.32 Å². The fourth-order valence-electron chi connectivity index (χ4n) is 1.63. The van der Waals surface area contributed by atoms with E-state index >= 15 is 0 Å². The predicted octanol–water partition coefficient (Wildman–Crippen LogP) is 3.59. The highest BCUT2D eigenvalue weighted by Gasteiger charge is 2.20. The Kier molecular flexibility index (Phi) is 3.84. The van der Waals surface area contributed by atoms with Gasteiger partial charge in [0, 0.05) is 22.5 Å². The Labute approximate surface area is 119 Å². The number of nitrogens with one attached hydrogen (secondary N) is 1. The molecule has 0 atom stereocenters. The van der Waals surface area contributed by atoms with E-state index in [4.69, 9.17) is 11.6 Å². The number of hydrogen-bond acceptors (Lipinski definition) is 5. The smallest absolute Gasteiger partial charge is 0.174 e. The fourth-order valence-corrected chi connectivity index (χ4v) is 3.34. The molecule has 0 unspecified atom stereocenters. The van der Waals surface area contributed by atoms with Gasteiger partial charge in [-0.15, -0.1) is 0 Å². The summed E-state index contributed by atoms with van der Waals surface area (Å²) >= 11 is 9.13. The van der Waals surface area contributed by atoms with Crippen LogP contribution in [0.2, 0.25) is 5.02 Å². The highest BCUT2D eigenvalue weighted by molar-refractivity contribution is 8.01. The van der Waals surface area contributed by atoms with Crippen molar-refractivity contribution in [1.29, 1.82) is 0 Å². The molecule has 3 nitrogen and oxygen atoms in total. The summed E-state index contributed by atoms with van der Waals surface area (Å²) in [5, 5.41) is 4.30. The molecule has 6 heteroatoms. The molecule has 1 aromatic carbocycles. The molecule has 0 spiro atoms. The van der Waals surface area contributed by atoms with Gasteiger partial charge in [0.05, 0.1) is 0 Å². The summed E-state index contributed by atoms with van der Waals surface area (Å²) < 4.78 is 4.98. The fraction of sp³-hybridized carbons (Fsp3) is 0.333. The van der Waals surface area contributed by atoms with Crippen LogP contribution in [0.25, 0.3) is 0 Å². The van der Waals surface area contributed by atoms with Gasteiger partial charge in [0.1, 0.15) is 6.33 Å². The van der Waals surface area contributed by atoms with Gasteiger partial charge in [0.2, 0.25) is 0 Å². The topological polar surface area (TPSA) is 37.8 Å². The number of halogens is 1. The molecule has 1 saturated carbocycles. The molecule has 1 heterocycles. The lowest BCUT2D eigenvalue weighted by Crippen LogP contribution is -2.15. The summed E-state index contributed by atoms with van der Waals surface area (Å²) in [6, 6.07) is 6.70. The van der Waals surface area contributed by atoms with Crippen LogP contribution in [0.1, 0.15) is 18.4 Å². The first-order valence-corrected chi connectivity index (χ1v) is 7.74. The zero-order valence-electron chi connectivity index (χ0n) is 9.60. The monoisotopic (exact) mass is 297 g/mol. The number of rotatable bonds is 5. The number of aromatic nitrogens is 2. The van der Waals surface area contributed by atoms with E-state index in [2.05, 4.69) is 20.7 Å². The maximum atomic E-state index is 6.07. The predicted molar refractivity (Wildman–Crippen MR) is 75.3 cm³/mol. The molecule has 18 heavy (non-hydrogen) atoms. The van der Waals surface area contributed by atoms with Crippen LogP contribution in [0.4, 0.5) is 0 Å². The van der Waals surface area contributed by atoms with Crippen LogP contribution in [-0.4, -0.2) is 15.4 Å². The third-order valence-electron chi connectivity index (χ3n) is 2.72. The Morgan fingerprint density at radius 3 is 3.06 bits per heavy atom. The van der Waals surface area contributed by atoms with Crippen molar-refractivity contribution in [3.8, 4) is 0 Å². The van der Waals surface area contributed by atoms with Crippen LogP contribution in [0.3, 0.4) is 0 Å². The minimum absolute atomic E-state index is 0.698. The van der Waals surface area contributed by atoms with Crippen LogP contribution in [0.15, 0.2) is 33.8 Å². The van der Waals surface area contributed by atoms with Gasteiger partial charge < -0.3 is 5.32 Å². The van der Waals surface area contributed by atoms with E-state index in [1.54, 1.807) is 18.1 Å². The third-order valence-corrected chi connectivity index (χ3v) is 4.79. The normalized spacial score (nSPS) is 14.9. The molecule has 3 rings (SSSR count). The van der Waals surface area contributed by atoms with E-state index in [0.29, 0.717) is 6.04 Å². The van der Waals surface area contributed by atoms with Crippen molar-refractivity contribution >= 4 is 34.9 Å². The SMILES string of the molecule is Clc1ccc(Sc2ncns2)c(CNC2CC2)c1. The van der Waals surface area contributed by atoms with E-state index in [1.807, 2.05) is 12.1 Å². The average molecular weight is 298 g/mol. The van der Waals surface area contributed by atoms with E-state index in [0.717, 1.165) is 15.9 Å². The summed E-state index contributed by atoms with van der Waals surface area (Å²) in [6.45, 7) is 0.867. The summed E-state index contributed by atoms with van der Waals surface area (Å²) in [4.78, 5) is 5.40. The van der Waals surface area contributed by atoms with Crippen molar-refractivity contribution in [3.63, 3.8) is 0 Å².